The molecule has 28 heavy (non-hydrogen) atoms. The maximum absolute atomic E-state index is 12.7. The van der Waals surface area contributed by atoms with Crippen molar-refractivity contribution in [2.24, 2.45) is 0 Å². The zero-order chi connectivity index (χ0) is 19.9. The second-order valence-corrected chi connectivity index (χ2v) is 7.46. The summed E-state index contributed by atoms with van der Waals surface area (Å²) >= 11 is 0. The average Bonchev–Trinajstić information content (AvgIpc) is 3.21. The summed E-state index contributed by atoms with van der Waals surface area (Å²) in [6, 6.07) is 13.5. The molecule has 0 aromatic heterocycles. The second kappa shape index (κ2) is 6.81. The summed E-state index contributed by atoms with van der Waals surface area (Å²) in [7, 11) is 1.81. The number of alkyl halides is 3. The van der Waals surface area contributed by atoms with Crippen LogP contribution in [0.5, 0.6) is 5.75 Å². The Kier molecular flexibility index (Phi) is 4.57. The Hall–Kier alpha value is -2.54. The van der Waals surface area contributed by atoms with Gasteiger partial charge in [0.2, 0.25) is 5.91 Å². The molecule has 2 aromatic rings. The molecular formula is C21H21F3N2O2. The van der Waals surface area contributed by atoms with Crippen LogP contribution in [0.1, 0.15) is 30.9 Å². The fraction of sp³-hybridized carbons (Fsp3) is 0.381. The molecule has 4 nitrogen and oxygen atoms in total. The van der Waals surface area contributed by atoms with Crippen LogP contribution in [0, 0.1) is 0 Å². The number of hydrogen-bond acceptors (Lipinski definition) is 3. The van der Waals surface area contributed by atoms with Crippen molar-refractivity contribution in [2.45, 2.75) is 37.2 Å². The van der Waals surface area contributed by atoms with Crippen LogP contribution in [0.25, 0.3) is 11.1 Å². The minimum Gasteiger partial charge on any atom is -0.405 e. The van der Waals surface area contributed by atoms with Gasteiger partial charge in [-0.3, -0.25) is 10.1 Å². The van der Waals surface area contributed by atoms with E-state index in [9.17, 15) is 18.0 Å². The van der Waals surface area contributed by atoms with Crippen LogP contribution in [-0.2, 0) is 4.79 Å². The Bertz CT molecular complexity index is 899. The number of ether oxygens (including phenoxy) is 1. The predicted molar refractivity (Wildman–Crippen MR) is 98.7 cm³/mol. The van der Waals surface area contributed by atoms with Gasteiger partial charge in [0.25, 0.3) is 0 Å². The summed E-state index contributed by atoms with van der Waals surface area (Å²) in [5.41, 5.74) is 1.48. The number of amides is 1. The molecular weight excluding hydrogens is 369 g/mol. The molecule has 148 valence electrons. The lowest BCUT2D eigenvalue weighted by Crippen LogP contribution is -2.47. The van der Waals surface area contributed by atoms with Gasteiger partial charge in [-0.15, -0.1) is 13.2 Å². The molecule has 2 aliphatic heterocycles. The second-order valence-electron chi connectivity index (χ2n) is 7.46. The van der Waals surface area contributed by atoms with Crippen LogP contribution in [0.3, 0.4) is 0 Å². The van der Waals surface area contributed by atoms with Crippen LogP contribution >= 0.6 is 0 Å². The highest BCUT2D eigenvalue weighted by Gasteiger charge is 2.50. The zero-order valence-electron chi connectivity index (χ0n) is 15.4. The molecule has 2 atom stereocenters. The molecule has 0 unspecified atom stereocenters. The molecule has 2 saturated heterocycles. The van der Waals surface area contributed by atoms with Crippen LogP contribution in [-0.4, -0.2) is 36.3 Å². The predicted octanol–water partition coefficient (Wildman–Crippen LogP) is 4.28. The summed E-state index contributed by atoms with van der Waals surface area (Å²) in [5.74, 6) is -0.106. The lowest BCUT2D eigenvalue weighted by atomic mass is 9.95. The van der Waals surface area contributed by atoms with Crippen molar-refractivity contribution in [3.8, 4) is 16.9 Å². The molecule has 4 rings (SSSR count). The first kappa shape index (κ1) is 18.8. The lowest BCUT2D eigenvalue weighted by molar-refractivity contribution is -0.274. The number of halogens is 3. The van der Waals surface area contributed by atoms with E-state index in [2.05, 4.69) is 10.1 Å². The van der Waals surface area contributed by atoms with E-state index >= 15 is 0 Å². The molecule has 1 amide bonds. The van der Waals surface area contributed by atoms with Gasteiger partial charge >= 0.3 is 6.36 Å². The van der Waals surface area contributed by atoms with E-state index in [0.29, 0.717) is 11.1 Å². The molecule has 2 aliphatic rings. The Morgan fingerprint density at radius 3 is 2.64 bits per heavy atom. The summed E-state index contributed by atoms with van der Waals surface area (Å²) in [5, 5.41) is 3.49. The van der Waals surface area contributed by atoms with Crippen LogP contribution in [0.2, 0.25) is 0 Å². The maximum Gasteiger partial charge on any atom is 0.573 e. The molecule has 2 heterocycles. The molecule has 1 spiro atoms. The Morgan fingerprint density at radius 1 is 1.14 bits per heavy atom. The van der Waals surface area contributed by atoms with E-state index in [1.807, 2.05) is 25.2 Å². The SMILES string of the molecule is CN1CC[C@@]2(CC[C@@H](c3cccc(-c4ccccc4OC(F)(F)F)c3)N2)C1=O. The van der Waals surface area contributed by atoms with Crippen molar-refractivity contribution in [1.82, 2.24) is 10.2 Å². The minimum atomic E-state index is -4.75. The number of para-hydroxylation sites is 1. The van der Waals surface area contributed by atoms with Gasteiger partial charge in [0.1, 0.15) is 11.3 Å². The minimum absolute atomic E-state index is 0.00824. The lowest BCUT2D eigenvalue weighted by Gasteiger charge is -2.23. The number of hydrogen-bond donors (Lipinski definition) is 1. The summed E-state index contributed by atoms with van der Waals surface area (Å²) in [4.78, 5) is 14.3. The number of nitrogens with one attached hydrogen (secondary N) is 1. The number of likely N-dealkylation sites (tertiary alicyclic amines) is 1. The zero-order valence-corrected chi connectivity index (χ0v) is 15.4. The normalized spacial score (nSPS) is 24.9. The fourth-order valence-corrected chi connectivity index (χ4v) is 4.26. The number of nitrogens with zero attached hydrogens (tertiary/aromatic N) is 1. The maximum atomic E-state index is 12.7. The van der Waals surface area contributed by atoms with Gasteiger partial charge < -0.3 is 9.64 Å². The number of rotatable bonds is 3. The monoisotopic (exact) mass is 390 g/mol. The summed E-state index contributed by atoms with van der Waals surface area (Å²) in [6.45, 7) is 0.737. The Balaban J connectivity index is 1.61. The van der Waals surface area contributed by atoms with Gasteiger partial charge in [-0.1, -0.05) is 36.4 Å². The topological polar surface area (TPSA) is 41.6 Å². The van der Waals surface area contributed by atoms with E-state index in [0.717, 1.165) is 31.4 Å². The van der Waals surface area contributed by atoms with E-state index in [-0.39, 0.29) is 17.7 Å². The van der Waals surface area contributed by atoms with E-state index in [4.69, 9.17) is 0 Å². The molecule has 2 aromatic carbocycles. The Morgan fingerprint density at radius 2 is 1.93 bits per heavy atom. The first-order valence-electron chi connectivity index (χ1n) is 9.26. The van der Waals surface area contributed by atoms with Gasteiger partial charge in [0.15, 0.2) is 0 Å². The van der Waals surface area contributed by atoms with Gasteiger partial charge in [-0.2, -0.15) is 0 Å². The van der Waals surface area contributed by atoms with Gasteiger partial charge in [0, 0.05) is 25.2 Å². The van der Waals surface area contributed by atoms with E-state index in [1.165, 1.54) is 12.1 Å². The number of benzene rings is 2. The molecule has 0 radical (unpaired) electrons. The highest BCUT2D eigenvalue weighted by atomic mass is 19.4. The van der Waals surface area contributed by atoms with Gasteiger partial charge in [0.05, 0.1) is 0 Å². The highest BCUT2D eigenvalue weighted by molar-refractivity contribution is 5.88. The molecule has 7 heteroatoms. The van der Waals surface area contributed by atoms with E-state index in [1.54, 1.807) is 23.1 Å². The third-order valence-corrected chi connectivity index (χ3v) is 5.65. The third-order valence-electron chi connectivity index (χ3n) is 5.65. The van der Waals surface area contributed by atoms with Crippen molar-refractivity contribution in [2.75, 3.05) is 13.6 Å². The molecule has 1 N–H and O–H groups in total. The van der Waals surface area contributed by atoms with Gasteiger partial charge in [-0.25, -0.2) is 0 Å². The van der Waals surface area contributed by atoms with Crippen molar-refractivity contribution >= 4 is 5.91 Å². The van der Waals surface area contributed by atoms with Crippen molar-refractivity contribution < 1.29 is 22.7 Å². The number of likely N-dealkylation sites (N-methyl/N-ethyl adjacent to an activating group) is 1. The summed E-state index contributed by atoms with van der Waals surface area (Å²) < 4.78 is 42.4. The van der Waals surface area contributed by atoms with Crippen molar-refractivity contribution in [3.05, 3.63) is 54.1 Å². The standard InChI is InChI=1S/C21H21F3N2O2/c1-26-12-11-20(19(26)27)10-9-17(25-20)15-6-4-5-14(13-15)16-7-2-3-8-18(16)28-21(22,23)24/h2-8,13,17,25H,9-12H2,1H3/t17-,20-/m0/s1. The van der Waals surface area contributed by atoms with Crippen LogP contribution in [0.4, 0.5) is 13.2 Å². The first-order chi connectivity index (χ1) is 13.3. The third kappa shape index (κ3) is 3.46. The largest absolute Gasteiger partial charge is 0.573 e. The Labute approximate surface area is 161 Å². The quantitative estimate of drug-likeness (QED) is 0.851. The molecule has 2 fully saturated rings. The average molecular weight is 390 g/mol. The fourth-order valence-electron chi connectivity index (χ4n) is 4.26. The number of carbonyl (C=O) groups excluding carboxylic acids is 1. The summed E-state index contributed by atoms with van der Waals surface area (Å²) in [6.07, 6.45) is -2.40. The molecule has 0 bridgehead atoms. The van der Waals surface area contributed by atoms with E-state index < -0.39 is 11.9 Å². The van der Waals surface area contributed by atoms with Crippen molar-refractivity contribution in [1.29, 1.82) is 0 Å². The van der Waals surface area contributed by atoms with Gasteiger partial charge in [-0.05, 0) is 42.5 Å². The highest BCUT2D eigenvalue weighted by Crippen LogP contribution is 2.40. The molecule has 0 aliphatic carbocycles. The smallest absolute Gasteiger partial charge is 0.405 e. The van der Waals surface area contributed by atoms with Crippen LogP contribution < -0.4 is 10.1 Å². The van der Waals surface area contributed by atoms with Crippen molar-refractivity contribution in [3.63, 3.8) is 0 Å². The van der Waals surface area contributed by atoms with Crippen LogP contribution in [0.15, 0.2) is 48.5 Å². The first-order valence-corrected chi connectivity index (χ1v) is 9.26. The molecule has 0 saturated carbocycles. The number of carbonyl (C=O) groups is 1.